The highest BCUT2D eigenvalue weighted by Crippen LogP contribution is 2.27. The molecule has 0 N–H and O–H groups in total. The van der Waals surface area contributed by atoms with Gasteiger partial charge in [0.25, 0.3) is 0 Å². The van der Waals surface area contributed by atoms with Gasteiger partial charge in [0.15, 0.2) is 0 Å². The Bertz CT molecular complexity index is 266. The van der Waals surface area contributed by atoms with Gasteiger partial charge in [-0.2, -0.15) is 0 Å². The zero-order valence-electron chi connectivity index (χ0n) is 8.38. The zero-order valence-corrected chi connectivity index (χ0v) is 9.14. The molecule has 0 amide bonds. The molecular weight excluding hydrogens is 200 g/mol. The Kier molecular flexibility index (Phi) is 4.74. The van der Waals surface area contributed by atoms with E-state index in [9.17, 15) is 4.79 Å². The Morgan fingerprint density at radius 2 is 2.21 bits per heavy atom. The van der Waals surface area contributed by atoms with Gasteiger partial charge in [0.05, 0.1) is 6.61 Å². The number of carbonyl (C=O) groups excluding carboxylic acids is 1. The fraction of sp³-hybridized carbons (Fsp3) is 0.545. The second kappa shape index (κ2) is 5.86. The van der Waals surface area contributed by atoms with Crippen LogP contribution in [0.4, 0.5) is 0 Å². The Hall–Kier alpha value is -0.760. The Labute approximate surface area is 89.6 Å². The summed E-state index contributed by atoms with van der Waals surface area (Å²) in [7, 11) is 0. The van der Waals surface area contributed by atoms with E-state index in [1.165, 1.54) is 6.08 Å². The first-order valence-corrected chi connectivity index (χ1v) is 5.34. The summed E-state index contributed by atoms with van der Waals surface area (Å²) in [5.41, 5.74) is 1.07. The van der Waals surface area contributed by atoms with E-state index in [2.05, 4.69) is 0 Å². The van der Waals surface area contributed by atoms with Crippen molar-refractivity contribution in [2.75, 3.05) is 6.61 Å². The summed E-state index contributed by atoms with van der Waals surface area (Å²) >= 11 is 6.02. The Morgan fingerprint density at radius 1 is 1.50 bits per heavy atom. The van der Waals surface area contributed by atoms with Crippen molar-refractivity contribution in [2.24, 2.45) is 0 Å². The average molecular weight is 215 g/mol. The van der Waals surface area contributed by atoms with Gasteiger partial charge in [-0.3, -0.25) is 0 Å². The highest BCUT2D eigenvalue weighted by atomic mass is 35.5. The summed E-state index contributed by atoms with van der Waals surface area (Å²) in [5.74, 6) is -0.296. The molecule has 1 rings (SSSR count). The van der Waals surface area contributed by atoms with E-state index in [4.69, 9.17) is 16.3 Å². The van der Waals surface area contributed by atoms with Crippen LogP contribution in [0.25, 0.3) is 0 Å². The third kappa shape index (κ3) is 3.54. The van der Waals surface area contributed by atoms with Crippen molar-refractivity contribution >= 4 is 17.6 Å². The molecule has 0 unspecified atom stereocenters. The van der Waals surface area contributed by atoms with Gasteiger partial charge >= 0.3 is 5.97 Å². The minimum atomic E-state index is -0.296. The van der Waals surface area contributed by atoms with Gasteiger partial charge in [-0.05, 0) is 38.2 Å². The van der Waals surface area contributed by atoms with Crippen molar-refractivity contribution in [3.63, 3.8) is 0 Å². The molecule has 3 heteroatoms. The van der Waals surface area contributed by atoms with Gasteiger partial charge in [-0.1, -0.05) is 17.7 Å². The van der Waals surface area contributed by atoms with E-state index in [1.54, 1.807) is 13.0 Å². The van der Waals surface area contributed by atoms with E-state index >= 15 is 0 Å². The van der Waals surface area contributed by atoms with Crippen LogP contribution < -0.4 is 0 Å². The Morgan fingerprint density at radius 3 is 2.86 bits per heavy atom. The first-order chi connectivity index (χ1) is 6.74. The van der Waals surface area contributed by atoms with Crippen LogP contribution in [0.1, 0.15) is 32.6 Å². The first-order valence-electron chi connectivity index (χ1n) is 4.96. The van der Waals surface area contributed by atoms with Crippen LogP contribution in [0.15, 0.2) is 22.8 Å². The van der Waals surface area contributed by atoms with Crippen LogP contribution in [0, 0.1) is 0 Å². The quantitative estimate of drug-likeness (QED) is 0.533. The third-order valence-corrected chi connectivity index (χ3v) is 2.58. The molecule has 0 bridgehead atoms. The number of hydrogen-bond donors (Lipinski definition) is 0. The van der Waals surface area contributed by atoms with Crippen molar-refractivity contribution in [1.82, 2.24) is 0 Å². The van der Waals surface area contributed by atoms with Gasteiger partial charge < -0.3 is 4.74 Å². The molecular formula is C11H15ClO2. The molecule has 0 heterocycles. The lowest BCUT2D eigenvalue weighted by Gasteiger charge is -2.12. The number of halogens is 1. The fourth-order valence-corrected chi connectivity index (χ4v) is 1.72. The smallest absolute Gasteiger partial charge is 0.330 e. The highest BCUT2D eigenvalue weighted by Gasteiger charge is 2.08. The number of carbonyl (C=O) groups is 1. The lowest BCUT2D eigenvalue weighted by molar-refractivity contribution is -0.137. The van der Waals surface area contributed by atoms with E-state index in [1.807, 2.05) is 0 Å². The zero-order chi connectivity index (χ0) is 10.4. The maximum absolute atomic E-state index is 11.0. The molecule has 78 valence electrons. The number of allylic oxidation sites excluding steroid dienone is 3. The molecule has 14 heavy (non-hydrogen) atoms. The summed E-state index contributed by atoms with van der Waals surface area (Å²) in [6.45, 7) is 2.20. The number of rotatable bonds is 3. The van der Waals surface area contributed by atoms with Crippen LogP contribution in [-0.4, -0.2) is 12.6 Å². The summed E-state index contributed by atoms with van der Waals surface area (Å²) in [5, 5.41) is 0.886. The fourth-order valence-electron chi connectivity index (χ4n) is 1.42. The van der Waals surface area contributed by atoms with Crippen molar-refractivity contribution in [3.8, 4) is 0 Å². The van der Waals surface area contributed by atoms with Gasteiger partial charge in [0, 0.05) is 11.1 Å². The summed E-state index contributed by atoms with van der Waals surface area (Å²) in [6, 6.07) is 0. The minimum absolute atomic E-state index is 0.296. The molecule has 0 radical (unpaired) electrons. The Balaban J connectivity index is 2.53. The molecule has 0 spiro atoms. The molecule has 0 saturated heterocycles. The number of hydrogen-bond acceptors (Lipinski definition) is 2. The topological polar surface area (TPSA) is 26.3 Å². The van der Waals surface area contributed by atoms with E-state index in [0.29, 0.717) is 6.61 Å². The SMILES string of the molecule is CCOC(=O)C=CC1=C(Cl)CCCC1. The molecule has 0 saturated carbocycles. The molecule has 0 atom stereocenters. The van der Waals surface area contributed by atoms with Crippen molar-refractivity contribution in [1.29, 1.82) is 0 Å². The average Bonchev–Trinajstić information content (AvgIpc) is 2.17. The van der Waals surface area contributed by atoms with Crippen molar-refractivity contribution in [3.05, 3.63) is 22.8 Å². The van der Waals surface area contributed by atoms with Crippen molar-refractivity contribution < 1.29 is 9.53 Å². The van der Waals surface area contributed by atoms with E-state index < -0.39 is 0 Å². The first kappa shape index (κ1) is 11.3. The molecule has 0 aliphatic heterocycles. The van der Waals surface area contributed by atoms with Gasteiger partial charge in [0.1, 0.15) is 0 Å². The molecule has 0 aromatic carbocycles. The molecule has 0 fully saturated rings. The molecule has 2 nitrogen and oxygen atoms in total. The maximum atomic E-state index is 11.0. The molecule has 0 aromatic heterocycles. The van der Waals surface area contributed by atoms with Crippen molar-refractivity contribution in [2.45, 2.75) is 32.6 Å². The maximum Gasteiger partial charge on any atom is 0.330 e. The second-order valence-electron chi connectivity index (χ2n) is 3.22. The van der Waals surface area contributed by atoms with Gasteiger partial charge in [-0.15, -0.1) is 0 Å². The van der Waals surface area contributed by atoms with E-state index in [-0.39, 0.29) is 5.97 Å². The third-order valence-electron chi connectivity index (χ3n) is 2.15. The predicted molar refractivity (Wildman–Crippen MR) is 57.1 cm³/mol. The lowest BCUT2D eigenvalue weighted by atomic mass is 9.99. The monoisotopic (exact) mass is 214 g/mol. The van der Waals surface area contributed by atoms with Crippen LogP contribution in [0.3, 0.4) is 0 Å². The summed E-state index contributed by atoms with van der Waals surface area (Å²) in [6.07, 6.45) is 7.43. The predicted octanol–water partition coefficient (Wildman–Crippen LogP) is 3.17. The summed E-state index contributed by atoms with van der Waals surface area (Å²) in [4.78, 5) is 11.0. The van der Waals surface area contributed by atoms with Crippen LogP contribution >= 0.6 is 11.6 Å². The standard InChI is InChI=1S/C11H15ClO2/c1-2-14-11(13)8-7-9-5-3-4-6-10(9)12/h7-8H,2-6H2,1H3. The molecule has 1 aliphatic carbocycles. The number of esters is 1. The normalized spacial score (nSPS) is 17.6. The largest absolute Gasteiger partial charge is 0.463 e. The highest BCUT2D eigenvalue weighted by molar-refractivity contribution is 6.30. The van der Waals surface area contributed by atoms with Crippen LogP contribution in [-0.2, 0) is 9.53 Å². The van der Waals surface area contributed by atoms with Crippen LogP contribution in [0.5, 0.6) is 0 Å². The molecule has 1 aliphatic rings. The lowest BCUT2D eigenvalue weighted by Crippen LogP contribution is -2.00. The molecule has 0 aromatic rings. The van der Waals surface area contributed by atoms with E-state index in [0.717, 1.165) is 36.3 Å². The van der Waals surface area contributed by atoms with Gasteiger partial charge in [0.2, 0.25) is 0 Å². The summed E-state index contributed by atoms with van der Waals surface area (Å²) < 4.78 is 4.78. The van der Waals surface area contributed by atoms with Gasteiger partial charge in [-0.25, -0.2) is 4.79 Å². The second-order valence-corrected chi connectivity index (χ2v) is 3.68. The number of ether oxygens (including phenoxy) is 1. The van der Waals surface area contributed by atoms with Crippen LogP contribution in [0.2, 0.25) is 0 Å². The minimum Gasteiger partial charge on any atom is -0.463 e.